The van der Waals surface area contributed by atoms with E-state index in [-0.39, 0.29) is 18.6 Å². The van der Waals surface area contributed by atoms with E-state index < -0.39 is 10.0 Å². The second-order valence-corrected chi connectivity index (χ2v) is 8.97. The standard InChI is InChI=1S/C21H27N3O5S/c1-28-15-17-5-4-6-18(13-17)20-14-24(22-30(3,26)27)21(25)23(20)12-11-16-7-9-19(29-2)10-8-16/h4-10,13,20,22H,11-12,14-15H2,1-3H3. The molecule has 1 atom stereocenters. The van der Waals surface area contributed by atoms with Crippen molar-refractivity contribution in [3.05, 3.63) is 65.2 Å². The highest BCUT2D eigenvalue weighted by Crippen LogP contribution is 2.30. The van der Waals surface area contributed by atoms with Crippen LogP contribution < -0.4 is 9.57 Å². The maximum atomic E-state index is 13.0. The van der Waals surface area contributed by atoms with Crippen molar-refractivity contribution < 1.29 is 22.7 Å². The molecule has 2 aromatic rings. The fraction of sp³-hybridized carbons (Fsp3) is 0.381. The Labute approximate surface area is 177 Å². The van der Waals surface area contributed by atoms with Gasteiger partial charge in [-0.1, -0.05) is 36.4 Å². The summed E-state index contributed by atoms with van der Waals surface area (Å²) < 4.78 is 33.8. The average molecular weight is 434 g/mol. The summed E-state index contributed by atoms with van der Waals surface area (Å²) in [5.74, 6) is 0.771. The molecule has 1 fully saturated rings. The molecular formula is C21H27N3O5S. The van der Waals surface area contributed by atoms with Crippen molar-refractivity contribution in [1.82, 2.24) is 14.7 Å². The second kappa shape index (κ2) is 9.46. The number of hydrazine groups is 1. The summed E-state index contributed by atoms with van der Waals surface area (Å²) in [7, 11) is -0.322. The number of ether oxygens (including phenoxy) is 2. The monoisotopic (exact) mass is 433 g/mol. The highest BCUT2D eigenvalue weighted by Gasteiger charge is 2.39. The maximum Gasteiger partial charge on any atom is 0.335 e. The molecule has 0 bridgehead atoms. The molecule has 0 aliphatic carbocycles. The van der Waals surface area contributed by atoms with E-state index in [1.807, 2.05) is 48.5 Å². The van der Waals surface area contributed by atoms with Crippen LogP contribution in [0, 0.1) is 0 Å². The highest BCUT2D eigenvalue weighted by molar-refractivity contribution is 7.88. The number of benzene rings is 2. The molecule has 1 aliphatic heterocycles. The number of nitrogens with one attached hydrogen (secondary N) is 1. The molecule has 8 nitrogen and oxygen atoms in total. The van der Waals surface area contributed by atoms with E-state index in [0.29, 0.717) is 19.6 Å². The van der Waals surface area contributed by atoms with Gasteiger partial charge in [-0.3, -0.25) is 0 Å². The summed E-state index contributed by atoms with van der Waals surface area (Å²) in [4.78, 5) is 17.0. The first-order chi connectivity index (χ1) is 14.3. The number of nitrogens with zero attached hydrogens (tertiary/aromatic N) is 2. The molecule has 3 rings (SSSR count). The number of methoxy groups -OCH3 is 2. The molecule has 1 unspecified atom stereocenters. The van der Waals surface area contributed by atoms with Crippen LogP contribution in [0.2, 0.25) is 0 Å². The van der Waals surface area contributed by atoms with Gasteiger partial charge in [-0.15, -0.1) is 4.83 Å². The van der Waals surface area contributed by atoms with Crippen LogP contribution in [-0.4, -0.2) is 57.9 Å². The van der Waals surface area contributed by atoms with E-state index in [4.69, 9.17) is 9.47 Å². The number of carbonyl (C=O) groups is 1. The summed E-state index contributed by atoms with van der Waals surface area (Å²) >= 11 is 0. The Morgan fingerprint density at radius 3 is 2.47 bits per heavy atom. The van der Waals surface area contributed by atoms with Crippen LogP contribution in [0.3, 0.4) is 0 Å². The largest absolute Gasteiger partial charge is 0.497 e. The number of hydrogen-bond donors (Lipinski definition) is 1. The van der Waals surface area contributed by atoms with Crippen molar-refractivity contribution in [2.24, 2.45) is 0 Å². The smallest absolute Gasteiger partial charge is 0.335 e. The minimum absolute atomic E-state index is 0.227. The lowest BCUT2D eigenvalue weighted by Crippen LogP contribution is -2.44. The van der Waals surface area contributed by atoms with Gasteiger partial charge in [0.1, 0.15) is 5.75 Å². The normalized spacial score (nSPS) is 16.9. The fourth-order valence-corrected chi connectivity index (χ4v) is 4.10. The van der Waals surface area contributed by atoms with Gasteiger partial charge in [0.25, 0.3) is 0 Å². The van der Waals surface area contributed by atoms with E-state index >= 15 is 0 Å². The number of hydrogen-bond acceptors (Lipinski definition) is 5. The number of amides is 2. The van der Waals surface area contributed by atoms with Gasteiger partial charge in [0.05, 0.1) is 32.6 Å². The highest BCUT2D eigenvalue weighted by atomic mass is 32.2. The molecule has 1 N–H and O–H groups in total. The van der Waals surface area contributed by atoms with Crippen LogP contribution in [0.5, 0.6) is 5.75 Å². The Hall–Kier alpha value is -2.62. The number of sulfonamides is 1. The first kappa shape index (κ1) is 22.1. The predicted octanol–water partition coefficient (Wildman–Crippen LogP) is 2.33. The zero-order chi connectivity index (χ0) is 21.7. The van der Waals surface area contributed by atoms with Gasteiger partial charge in [-0.25, -0.2) is 18.2 Å². The molecule has 0 saturated carbocycles. The number of carbonyl (C=O) groups excluding carboxylic acids is 1. The molecule has 9 heteroatoms. The molecule has 2 amide bonds. The van der Waals surface area contributed by atoms with Gasteiger partial charge >= 0.3 is 6.03 Å². The van der Waals surface area contributed by atoms with Crippen molar-refractivity contribution in [1.29, 1.82) is 0 Å². The van der Waals surface area contributed by atoms with E-state index in [9.17, 15) is 13.2 Å². The maximum absolute atomic E-state index is 13.0. The van der Waals surface area contributed by atoms with Crippen LogP contribution >= 0.6 is 0 Å². The summed E-state index contributed by atoms with van der Waals surface area (Å²) in [6.45, 7) is 1.14. The fourth-order valence-electron chi connectivity index (χ4n) is 3.55. The summed E-state index contributed by atoms with van der Waals surface area (Å²) in [5.41, 5.74) is 2.99. The Morgan fingerprint density at radius 1 is 1.10 bits per heavy atom. The first-order valence-corrected chi connectivity index (χ1v) is 11.5. The van der Waals surface area contributed by atoms with Crippen molar-refractivity contribution in [2.75, 3.05) is 33.6 Å². The summed E-state index contributed by atoms with van der Waals surface area (Å²) in [6, 6.07) is 14.8. The van der Waals surface area contributed by atoms with Crippen molar-refractivity contribution in [3.8, 4) is 5.75 Å². The first-order valence-electron chi connectivity index (χ1n) is 9.57. The van der Waals surface area contributed by atoms with E-state index in [0.717, 1.165) is 33.7 Å². The van der Waals surface area contributed by atoms with Gasteiger partial charge in [0.2, 0.25) is 10.0 Å². The van der Waals surface area contributed by atoms with Crippen molar-refractivity contribution >= 4 is 16.1 Å². The summed E-state index contributed by atoms with van der Waals surface area (Å²) in [6.07, 6.45) is 1.67. The van der Waals surface area contributed by atoms with Gasteiger partial charge < -0.3 is 14.4 Å². The molecule has 1 heterocycles. The van der Waals surface area contributed by atoms with Gasteiger partial charge in [0.15, 0.2) is 0 Å². The molecule has 0 aromatic heterocycles. The number of rotatable bonds is 9. The molecule has 1 saturated heterocycles. The molecule has 0 spiro atoms. The van der Waals surface area contributed by atoms with E-state index in [1.165, 1.54) is 0 Å². The van der Waals surface area contributed by atoms with Crippen LogP contribution in [0.1, 0.15) is 22.7 Å². The molecule has 1 aliphatic rings. The SMILES string of the molecule is COCc1cccc(C2CN(NS(C)(=O)=O)C(=O)N2CCc2ccc(OC)cc2)c1. The topological polar surface area (TPSA) is 88.2 Å². The Bertz CT molecular complexity index is 978. The molecule has 30 heavy (non-hydrogen) atoms. The van der Waals surface area contributed by atoms with Crippen molar-refractivity contribution in [3.63, 3.8) is 0 Å². The minimum atomic E-state index is -3.57. The molecule has 162 valence electrons. The molecule has 2 aromatic carbocycles. The minimum Gasteiger partial charge on any atom is -0.497 e. The zero-order valence-corrected chi connectivity index (χ0v) is 18.2. The Balaban J connectivity index is 1.83. The van der Waals surface area contributed by atoms with Crippen LogP contribution in [0.25, 0.3) is 0 Å². The quantitative estimate of drug-likeness (QED) is 0.656. The third-order valence-electron chi connectivity index (χ3n) is 4.93. The third kappa shape index (κ3) is 5.50. The third-order valence-corrected chi connectivity index (χ3v) is 5.48. The Kier molecular flexibility index (Phi) is 6.96. The van der Waals surface area contributed by atoms with Gasteiger partial charge in [0, 0.05) is 13.7 Å². The van der Waals surface area contributed by atoms with E-state index in [2.05, 4.69) is 4.83 Å². The Morgan fingerprint density at radius 2 is 1.83 bits per heavy atom. The van der Waals surface area contributed by atoms with Gasteiger partial charge in [-0.05, 0) is 35.2 Å². The van der Waals surface area contributed by atoms with E-state index in [1.54, 1.807) is 19.1 Å². The molecular weight excluding hydrogens is 406 g/mol. The zero-order valence-electron chi connectivity index (χ0n) is 17.4. The lowest BCUT2D eigenvalue weighted by Gasteiger charge is -2.24. The van der Waals surface area contributed by atoms with Crippen molar-refractivity contribution in [2.45, 2.75) is 19.1 Å². The van der Waals surface area contributed by atoms with Gasteiger partial charge in [-0.2, -0.15) is 0 Å². The van der Waals surface area contributed by atoms with Crippen LogP contribution in [0.15, 0.2) is 48.5 Å². The van der Waals surface area contributed by atoms with Crippen LogP contribution in [-0.2, 0) is 27.8 Å². The average Bonchev–Trinajstić information content (AvgIpc) is 3.01. The molecule has 0 radical (unpaired) electrons. The van der Waals surface area contributed by atoms with Crippen LogP contribution in [0.4, 0.5) is 4.79 Å². The lowest BCUT2D eigenvalue weighted by atomic mass is 10.0. The predicted molar refractivity (Wildman–Crippen MR) is 113 cm³/mol. The second-order valence-electron chi connectivity index (χ2n) is 7.24. The lowest BCUT2D eigenvalue weighted by molar-refractivity contribution is 0.181. The number of urea groups is 1. The summed E-state index contributed by atoms with van der Waals surface area (Å²) in [5, 5.41) is 1.16.